The number of ketones is 1. The van der Waals surface area contributed by atoms with Crippen LogP contribution >= 0.6 is 50.1 Å². The molecule has 0 unspecified atom stereocenters. The number of hydrogen-bond acceptors (Lipinski definition) is 1. The lowest BCUT2D eigenvalue weighted by Gasteiger charge is -2.04. The van der Waals surface area contributed by atoms with Gasteiger partial charge in [-0.25, -0.2) is 0 Å². The fourth-order valence-corrected chi connectivity index (χ4v) is 2.39. The van der Waals surface area contributed by atoms with Crippen molar-refractivity contribution in [1.82, 2.24) is 0 Å². The standard InChI is InChI=1S/C13H7BrClIO/c14-9-3-1-8(2-4-9)13(17)11-7-10(16)5-6-12(11)15/h1-7H. The van der Waals surface area contributed by atoms with Crippen molar-refractivity contribution in [3.05, 3.63) is 66.7 Å². The highest BCUT2D eigenvalue weighted by atomic mass is 127. The Hall–Kier alpha value is -0.390. The predicted molar refractivity (Wildman–Crippen MR) is 81.7 cm³/mol. The third kappa shape index (κ3) is 3.09. The molecule has 0 amide bonds. The number of carbonyl (C=O) groups is 1. The van der Waals surface area contributed by atoms with E-state index in [1.807, 2.05) is 18.2 Å². The van der Waals surface area contributed by atoms with Gasteiger partial charge in [0, 0.05) is 19.2 Å². The second-order valence-electron chi connectivity index (χ2n) is 3.46. The van der Waals surface area contributed by atoms with Crippen LogP contribution < -0.4 is 0 Å². The van der Waals surface area contributed by atoms with Crippen LogP contribution in [0.15, 0.2) is 46.9 Å². The van der Waals surface area contributed by atoms with Gasteiger partial charge in [-0.15, -0.1) is 0 Å². The molecule has 0 N–H and O–H groups in total. The summed E-state index contributed by atoms with van der Waals surface area (Å²) in [6, 6.07) is 12.7. The molecule has 17 heavy (non-hydrogen) atoms. The molecule has 0 aliphatic carbocycles. The fourth-order valence-electron chi connectivity index (χ4n) is 1.43. The largest absolute Gasteiger partial charge is 0.289 e. The van der Waals surface area contributed by atoms with Gasteiger partial charge in [0.15, 0.2) is 5.78 Å². The third-order valence-corrected chi connectivity index (χ3v) is 3.81. The quantitative estimate of drug-likeness (QED) is 0.496. The van der Waals surface area contributed by atoms with Crippen LogP contribution in [0, 0.1) is 3.57 Å². The molecule has 0 bridgehead atoms. The SMILES string of the molecule is O=C(c1ccc(Br)cc1)c1cc(I)ccc1Cl. The zero-order chi connectivity index (χ0) is 12.4. The van der Waals surface area contributed by atoms with Crippen molar-refractivity contribution in [2.24, 2.45) is 0 Å². The second-order valence-corrected chi connectivity index (χ2v) is 6.03. The van der Waals surface area contributed by atoms with Gasteiger partial charge in [0.25, 0.3) is 0 Å². The summed E-state index contributed by atoms with van der Waals surface area (Å²) in [5, 5.41) is 0.485. The summed E-state index contributed by atoms with van der Waals surface area (Å²) in [4.78, 5) is 12.2. The van der Waals surface area contributed by atoms with Crippen LogP contribution in [0.5, 0.6) is 0 Å². The first-order valence-electron chi connectivity index (χ1n) is 4.83. The summed E-state index contributed by atoms with van der Waals surface area (Å²) < 4.78 is 1.94. The Kier molecular flexibility index (Phi) is 4.22. The molecule has 0 fully saturated rings. The van der Waals surface area contributed by atoms with Crippen molar-refractivity contribution in [3.8, 4) is 0 Å². The highest BCUT2D eigenvalue weighted by Gasteiger charge is 2.12. The van der Waals surface area contributed by atoms with Gasteiger partial charge in [0.2, 0.25) is 0 Å². The van der Waals surface area contributed by atoms with Crippen molar-refractivity contribution < 1.29 is 4.79 Å². The summed E-state index contributed by atoms with van der Waals surface area (Å²) in [7, 11) is 0. The molecule has 0 spiro atoms. The number of carbonyl (C=O) groups excluding carboxylic acids is 1. The Balaban J connectivity index is 2.43. The minimum absolute atomic E-state index is 0.0546. The molecule has 0 aliphatic heterocycles. The molecule has 4 heteroatoms. The van der Waals surface area contributed by atoms with Crippen LogP contribution in [-0.4, -0.2) is 5.78 Å². The van der Waals surface area contributed by atoms with Crippen LogP contribution in [0.1, 0.15) is 15.9 Å². The maximum Gasteiger partial charge on any atom is 0.194 e. The number of halogens is 3. The average molecular weight is 421 g/mol. The molecule has 0 aromatic heterocycles. The van der Waals surface area contributed by atoms with E-state index in [0.29, 0.717) is 16.1 Å². The van der Waals surface area contributed by atoms with Crippen LogP contribution in [0.4, 0.5) is 0 Å². The van der Waals surface area contributed by atoms with Crippen LogP contribution in [0.25, 0.3) is 0 Å². The van der Waals surface area contributed by atoms with Crippen LogP contribution in [0.3, 0.4) is 0 Å². The van der Waals surface area contributed by atoms with Gasteiger partial charge in [-0.05, 0) is 65.1 Å². The molecular formula is C13H7BrClIO. The number of hydrogen-bond donors (Lipinski definition) is 0. The molecular weight excluding hydrogens is 414 g/mol. The maximum atomic E-state index is 12.2. The minimum Gasteiger partial charge on any atom is -0.289 e. The van der Waals surface area contributed by atoms with Gasteiger partial charge in [0.05, 0.1) is 5.02 Å². The van der Waals surface area contributed by atoms with E-state index in [2.05, 4.69) is 38.5 Å². The van der Waals surface area contributed by atoms with E-state index >= 15 is 0 Å². The van der Waals surface area contributed by atoms with Crippen LogP contribution in [-0.2, 0) is 0 Å². The average Bonchev–Trinajstić information content (AvgIpc) is 2.32. The Bertz CT molecular complexity index is 566. The van der Waals surface area contributed by atoms with Crippen molar-refractivity contribution >= 4 is 55.9 Å². The monoisotopic (exact) mass is 420 g/mol. The third-order valence-electron chi connectivity index (χ3n) is 2.28. The van der Waals surface area contributed by atoms with Crippen molar-refractivity contribution in [2.45, 2.75) is 0 Å². The van der Waals surface area contributed by atoms with Gasteiger partial charge < -0.3 is 0 Å². The Morgan fingerprint density at radius 1 is 1.12 bits per heavy atom. The summed E-state index contributed by atoms with van der Waals surface area (Å²) >= 11 is 11.5. The van der Waals surface area contributed by atoms with E-state index in [-0.39, 0.29) is 5.78 Å². The van der Waals surface area contributed by atoms with Gasteiger partial charge in [-0.2, -0.15) is 0 Å². The molecule has 0 atom stereocenters. The first-order valence-corrected chi connectivity index (χ1v) is 7.08. The molecule has 2 aromatic carbocycles. The van der Waals surface area contributed by atoms with Crippen LogP contribution in [0.2, 0.25) is 5.02 Å². The lowest BCUT2D eigenvalue weighted by molar-refractivity contribution is 0.103. The summed E-state index contributed by atoms with van der Waals surface area (Å²) in [5.41, 5.74) is 1.18. The molecule has 0 saturated carbocycles. The molecule has 0 radical (unpaired) electrons. The maximum absolute atomic E-state index is 12.2. The zero-order valence-corrected chi connectivity index (χ0v) is 13.1. The summed E-state index contributed by atoms with van der Waals surface area (Å²) in [5.74, 6) is -0.0546. The first-order chi connectivity index (χ1) is 8.08. The summed E-state index contributed by atoms with van der Waals surface area (Å²) in [6.45, 7) is 0. The normalized spacial score (nSPS) is 10.3. The molecule has 1 nitrogen and oxygen atoms in total. The van der Waals surface area contributed by atoms with E-state index in [4.69, 9.17) is 11.6 Å². The lowest BCUT2D eigenvalue weighted by atomic mass is 10.0. The van der Waals surface area contributed by atoms with E-state index in [1.54, 1.807) is 24.3 Å². The molecule has 2 rings (SSSR count). The molecule has 86 valence electrons. The van der Waals surface area contributed by atoms with E-state index in [9.17, 15) is 4.79 Å². The molecule has 0 aliphatic rings. The highest BCUT2D eigenvalue weighted by molar-refractivity contribution is 14.1. The number of rotatable bonds is 2. The molecule has 0 saturated heterocycles. The van der Waals surface area contributed by atoms with Crippen molar-refractivity contribution in [1.29, 1.82) is 0 Å². The Morgan fingerprint density at radius 2 is 1.76 bits per heavy atom. The van der Waals surface area contributed by atoms with Crippen molar-refractivity contribution in [3.63, 3.8) is 0 Å². The summed E-state index contributed by atoms with van der Waals surface area (Å²) in [6.07, 6.45) is 0. The van der Waals surface area contributed by atoms with Gasteiger partial charge in [-0.3, -0.25) is 4.79 Å². The van der Waals surface area contributed by atoms with Crippen molar-refractivity contribution in [2.75, 3.05) is 0 Å². The molecule has 2 aromatic rings. The lowest BCUT2D eigenvalue weighted by Crippen LogP contribution is -2.02. The minimum atomic E-state index is -0.0546. The van der Waals surface area contributed by atoms with E-state index in [1.165, 1.54) is 0 Å². The number of benzene rings is 2. The Labute approximate surface area is 126 Å². The predicted octanol–water partition coefficient (Wildman–Crippen LogP) is 4.94. The highest BCUT2D eigenvalue weighted by Crippen LogP contribution is 2.22. The zero-order valence-electron chi connectivity index (χ0n) is 8.58. The second kappa shape index (κ2) is 5.50. The first kappa shape index (κ1) is 13.1. The van der Waals surface area contributed by atoms with E-state index < -0.39 is 0 Å². The van der Waals surface area contributed by atoms with Gasteiger partial charge in [0.1, 0.15) is 0 Å². The molecule has 0 heterocycles. The van der Waals surface area contributed by atoms with E-state index in [0.717, 1.165) is 8.04 Å². The van der Waals surface area contributed by atoms with Gasteiger partial charge >= 0.3 is 0 Å². The van der Waals surface area contributed by atoms with Gasteiger partial charge in [-0.1, -0.05) is 27.5 Å². The smallest absolute Gasteiger partial charge is 0.194 e. The topological polar surface area (TPSA) is 17.1 Å². The fraction of sp³-hybridized carbons (Fsp3) is 0. The Morgan fingerprint density at radius 3 is 2.41 bits per heavy atom.